The lowest BCUT2D eigenvalue weighted by atomic mass is 10.3. The number of nitrogens with zero attached hydrogens (tertiary/aromatic N) is 2. The molecule has 0 aliphatic rings. The van der Waals surface area contributed by atoms with Crippen molar-refractivity contribution in [2.24, 2.45) is 0 Å². The Morgan fingerprint density at radius 1 is 0.545 bits per heavy atom. The minimum absolute atomic E-state index is 0.445. The molecule has 0 unspecified atom stereocenters. The van der Waals surface area contributed by atoms with Gasteiger partial charge in [-0.25, -0.2) is 0 Å². The first-order valence-electron chi connectivity index (χ1n) is 7.44. The van der Waals surface area contributed by atoms with E-state index in [9.17, 15) is 9.59 Å². The zero-order chi connectivity index (χ0) is 16.8. The summed E-state index contributed by atoms with van der Waals surface area (Å²) in [5, 5.41) is 0. The fraction of sp³-hybridized carbons (Fsp3) is 0.857. The van der Waals surface area contributed by atoms with Crippen LogP contribution in [0.4, 0.5) is 0 Å². The number of amides is 2. The Morgan fingerprint density at radius 3 is 0.955 bits per heavy atom. The largest absolute Gasteiger partial charge is 0.334 e. The van der Waals surface area contributed by atoms with Gasteiger partial charge in [-0.3, -0.25) is 9.59 Å². The van der Waals surface area contributed by atoms with E-state index >= 15 is 0 Å². The Kier molecular flexibility index (Phi) is 14.7. The number of carbonyl (C=O) groups is 2. The number of hydrogen-bond acceptors (Lipinski definition) is 2. The highest BCUT2D eigenvalue weighted by Crippen LogP contribution is 2.04. The number of rotatable bonds is 12. The van der Waals surface area contributed by atoms with Gasteiger partial charge < -0.3 is 9.80 Å². The molecule has 0 aliphatic heterocycles. The van der Waals surface area contributed by atoms with E-state index in [1.165, 1.54) is 9.80 Å². The van der Waals surface area contributed by atoms with E-state index in [4.69, 9.17) is 46.4 Å². The van der Waals surface area contributed by atoms with E-state index in [1.807, 2.05) is 0 Å². The monoisotopic (exact) mass is 392 g/mol. The Morgan fingerprint density at radius 2 is 0.773 bits per heavy atom. The van der Waals surface area contributed by atoms with Crippen molar-refractivity contribution in [1.29, 1.82) is 0 Å². The molecule has 0 spiro atoms. The Bertz CT molecular complexity index is 273. The second-order valence-electron chi connectivity index (χ2n) is 4.75. The van der Waals surface area contributed by atoms with Crippen molar-refractivity contribution < 1.29 is 9.59 Å². The van der Waals surface area contributed by atoms with Crippen LogP contribution in [0.15, 0.2) is 0 Å². The van der Waals surface area contributed by atoms with E-state index in [2.05, 4.69) is 0 Å². The van der Waals surface area contributed by atoms with Crippen LogP contribution in [0.25, 0.3) is 0 Å². The van der Waals surface area contributed by atoms with E-state index in [0.717, 1.165) is 0 Å². The maximum Gasteiger partial charge on any atom is 0.312 e. The van der Waals surface area contributed by atoms with Crippen molar-refractivity contribution in [1.82, 2.24) is 9.80 Å². The van der Waals surface area contributed by atoms with Crippen LogP contribution in [0.5, 0.6) is 0 Å². The van der Waals surface area contributed by atoms with E-state index in [0.29, 0.717) is 75.4 Å². The minimum atomic E-state index is -0.501. The number of carbonyl (C=O) groups excluding carboxylic acids is 2. The first kappa shape index (κ1) is 22.1. The summed E-state index contributed by atoms with van der Waals surface area (Å²) in [4.78, 5) is 27.9. The van der Waals surface area contributed by atoms with Crippen LogP contribution >= 0.6 is 46.4 Å². The zero-order valence-electron chi connectivity index (χ0n) is 12.7. The van der Waals surface area contributed by atoms with Gasteiger partial charge in [-0.2, -0.15) is 0 Å². The molecular weight excluding hydrogens is 370 g/mol. The van der Waals surface area contributed by atoms with Crippen LogP contribution in [0.3, 0.4) is 0 Å². The van der Waals surface area contributed by atoms with E-state index in [-0.39, 0.29) is 0 Å². The highest BCUT2D eigenvalue weighted by atomic mass is 35.5. The Labute approximate surface area is 153 Å². The standard InChI is InChI=1S/C14H24Cl4N2O2/c15-5-1-9-19(10-2-6-16)13(21)14(22)20(11-3-7-17)12-4-8-18/h1-12H2. The Hall–Kier alpha value is 0.1000. The van der Waals surface area contributed by atoms with Crippen molar-refractivity contribution in [2.75, 3.05) is 49.7 Å². The average molecular weight is 394 g/mol. The van der Waals surface area contributed by atoms with Crippen LogP contribution in [-0.2, 0) is 9.59 Å². The van der Waals surface area contributed by atoms with Gasteiger partial charge in [-0.1, -0.05) is 0 Å². The summed E-state index contributed by atoms with van der Waals surface area (Å²) in [6.07, 6.45) is 2.58. The molecule has 0 bridgehead atoms. The highest BCUT2D eigenvalue weighted by molar-refractivity contribution is 6.35. The molecule has 0 aromatic rings. The molecule has 8 heteroatoms. The molecule has 4 nitrogen and oxygen atoms in total. The summed E-state index contributed by atoms with van der Waals surface area (Å²) < 4.78 is 0. The molecule has 2 amide bonds. The summed E-state index contributed by atoms with van der Waals surface area (Å²) in [6, 6.07) is 0. The number of hydrogen-bond donors (Lipinski definition) is 0. The fourth-order valence-electron chi connectivity index (χ4n) is 1.90. The molecule has 0 aromatic heterocycles. The molecule has 0 aliphatic carbocycles. The SMILES string of the molecule is O=C(C(=O)N(CCCCl)CCCCl)N(CCCCl)CCCCl. The third-order valence-electron chi connectivity index (χ3n) is 3.00. The molecule has 0 radical (unpaired) electrons. The van der Waals surface area contributed by atoms with Crippen molar-refractivity contribution >= 4 is 58.2 Å². The highest BCUT2D eigenvalue weighted by Gasteiger charge is 2.26. The van der Waals surface area contributed by atoms with Gasteiger partial charge in [-0.15, -0.1) is 46.4 Å². The third-order valence-corrected chi connectivity index (χ3v) is 4.07. The fourth-order valence-corrected chi connectivity index (χ4v) is 2.38. The average Bonchev–Trinajstić information content (AvgIpc) is 2.54. The summed E-state index contributed by atoms with van der Waals surface area (Å²) in [7, 11) is 0. The second-order valence-corrected chi connectivity index (χ2v) is 6.27. The summed E-state index contributed by atoms with van der Waals surface area (Å²) >= 11 is 22.7. The van der Waals surface area contributed by atoms with Crippen molar-refractivity contribution in [3.8, 4) is 0 Å². The van der Waals surface area contributed by atoms with Gasteiger partial charge in [0.2, 0.25) is 0 Å². The van der Waals surface area contributed by atoms with Crippen LogP contribution < -0.4 is 0 Å². The molecule has 0 saturated carbocycles. The van der Waals surface area contributed by atoms with Gasteiger partial charge in [0, 0.05) is 49.7 Å². The smallest absolute Gasteiger partial charge is 0.312 e. The summed E-state index contributed by atoms with van der Waals surface area (Å²) in [5.74, 6) is 0.781. The third kappa shape index (κ3) is 9.29. The van der Waals surface area contributed by atoms with Crippen LogP contribution in [-0.4, -0.2) is 71.3 Å². The number of halogens is 4. The summed E-state index contributed by atoms with van der Waals surface area (Å²) in [5.41, 5.74) is 0. The van der Waals surface area contributed by atoms with Gasteiger partial charge in [0.05, 0.1) is 0 Å². The first-order chi connectivity index (χ1) is 10.6. The molecule has 0 atom stereocenters. The van der Waals surface area contributed by atoms with E-state index < -0.39 is 11.8 Å². The Balaban J connectivity index is 4.75. The van der Waals surface area contributed by atoms with Gasteiger partial charge in [0.1, 0.15) is 0 Å². The lowest BCUT2D eigenvalue weighted by Crippen LogP contribution is -2.47. The van der Waals surface area contributed by atoms with Crippen molar-refractivity contribution in [3.05, 3.63) is 0 Å². The van der Waals surface area contributed by atoms with E-state index in [1.54, 1.807) is 0 Å². The molecular formula is C14H24Cl4N2O2. The van der Waals surface area contributed by atoms with Crippen molar-refractivity contribution in [3.63, 3.8) is 0 Å². The maximum absolute atomic E-state index is 12.4. The van der Waals surface area contributed by atoms with Crippen LogP contribution in [0.1, 0.15) is 25.7 Å². The predicted octanol–water partition coefficient (Wildman–Crippen LogP) is 3.16. The van der Waals surface area contributed by atoms with Gasteiger partial charge in [-0.05, 0) is 25.7 Å². The molecule has 0 aromatic carbocycles. The lowest BCUT2D eigenvalue weighted by molar-refractivity contribution is -0.151. The number of alkyl halides is 4. The maximum atomic E-state index is 12.4. The molecule has 130 valence electrons. The van der Waals surface area contributed by atoms with Gasteiger partial charge in [0.15, 0.2) is 0 Å². The normalized spacial score (nSPS) is 10.5. The molecule has 0 saturated heterocycles. The molecule has 0 fully saturated rings. The zero-order valence-corrected chi connectivity index (χ0v) is 15.7. The lowest BCUT2D eigenvalue weighted by Gasteiger charge is -2.26. The van der Waals surface area contributed by atoms with Crippen LogP contribution in [0, 0.1) is 0 Å². The molecule has 0 heterocycles. The molecule has 0 rings (SSSR count). The summed E-state index contributed by atoms with van der Waals surface area (Å²) in [6.45, 7) is 1.85. The first-order valence-corrected chi connectivity index (χ1v) is 9.58. The second kappa shape index (κ2) is 14.7. The molecule has 0 N–H and O–H groups in total. The van der Waals surface area contributed by atoms with Crippen molar-refractivity contribution in [2.45, 2.75) is 25.7 Å². The topological polar surface area (TPSA) is 40.6 Å². The van der Waals surface area contributed by atoms with Gasteiger partial charge >= 0.3 is 11.8 Å². The molecule has 22 heavy (non-hydrogen) atoms. The predicted molar refractivity (Wildman–Crippen MR) is 94.5 cm³/mol. The minimum Gasteiger partial charge on any atom is -0.334 e. The van der Waals surface area contributed by atoms with Crippen LogP contribution in [0.2, 0.25) is 0 Å². The van der Waals surface area contributed by atoms with Gasteiger partial charge in [0.25, 0.3) is 0 Å². The quantitative estimate of drug-likeness (QED) is 0.377.